The number of amidine groups is 1. The maximum absolute atomic E-state index is 7.98. The second kappa shape index (κ2) is 4.42. The molecule has 3 heteroatoms. The molecule has 1 rings (SSSR count). The van der Waals surface area contributed by atoms with Gasteiger partial charge in [0.25, 0.3) is 0 Å². The highest BCUT2D eigenvalue weighted by Crippen LogP contribution is 2.15. The van der Waals surface area contributed by atoms with Gasteiger partial charge < -0.3 is 4.90 Å². The van der Waals surface area contributed by atoms with Crippen LogP contribution in [0.5, 0.6) is 0 Å². The first-order valence-corrected chi connectivity index (χ1v) is 5.51. The number of nitrogens with zero attached hydrogens (tertiary/aromatic N) is 1. The Morgan fingerprint density at radius 1 is 1.38 bits per heavy atom. The van der Waals surface area contributed by atoms with Crippen molar-refractivity contribution in [2.24, 2.45) is 0 Å². The Hall–Kier alpha value is -0.830. The van der Waals surface area contributed by atoms with Gasteiger partial charge in [-0.05, 0) is 31.7 Å². The number of rotatable bonds is 3. The van der Waals surface area contributed by atoms with E-state index >= 15 is 0 Å². The van der Waals surface area contributed by atoms with Gasteiger partial charge in [0.2, 0.25) is 0 Å². The zero-order chi connectivity index (χ0) is 9.84. The van der Waals surface area contributed by atoms with Gasteiger partial charge in [-0.15, -0.1) is 0 Å². The minimum Gasteiger partial charge on any atom is -0.357 e. The van der Waals surface area contributed by atoms with Crippen molar-refractivity contribution >= 4 is 17.2 Å². The fourth-order valence-corrected chi connectivity index (χ4v) is 2.15. The summed E-state index contributed by atoms with van der Waals surface area (Å²) in [6.45, 7) is 8.04. The minimum atomic E-state index is 0.656. The molecule has 0 saturated carbocycles. The van der Waals surface area contributed by atoms with Gasteiger partial charge in [-0.25, -0.2) is 0 Å². The third-order valence-electron chi connectivity index (χ3n) is 2.19. The van der Waals surface area contributed by atoms with Crippen LogP contribution in [-0.4, -0.2) is 23.8 Å². The van der Waals surface area contributed by atoms with Gasteiger partial charge in [0, 0.05) is 24.0 Å². The molecule has 1 heterocycles. The Labute approximate surface area is 83.7 Å². The molecular weight excluding hydrogens is 180 g/mol. The molecule has 0 aliphatic rings. The van der Waals surface area contributed by atoms with E-state index in [-0.39, 0.29) is 0 Å². The topological polar surface area (TPSA) is 27.1 Å². The van der Waals surface area contributed by atoms with E-state index in [0.29, 0.717) is 5.84 Å². The van der Waals surface area contributed by atoms with Crippen molar-refractivity contribution in [2.75, 3.05) is 13.1 Å². The van der Waals surface area contributed by atoms with Gasteiger partial charge in [0.1, 0.15) is 5.84 Å². The summed E-state index contributed by atoms with van der Waals surface area (Å²) in [6, 6.07) is 0. The average Bonchev–Trinajstić information content (AvgIpc) is 2.53. The third kappa shape index (κ3) is 2.10. The molecule has 0 spiro atoms. The van der Waals surface area contributed by atoms with E-state index in [2.05, 4.69) is 36.4 Å². The zero-order valence-electron chi connectivity index (χ0n) is 8.42. The summed E-state index contributed by atoms with van der Waals surface area (Å²) in [6.07, 6.45) is 0. The van der Waals surface area contributed by atoms with Crippen LogP contribution >= 0.6 is 11.3 Å². The predicted octanol–water partition coefficient (Wildman–Crippen LogP) is 2.72. The Bertz CT molecular complexity index is 287. The zero-order valence-corrected chi connectivity index (χ0v) is 9.24. The molecule has 0 aromatic carbocycles. The highest BCUT2D eigenvalue weighted by atomic mass is 32.1. The maximum Gasteiger partial charge on any atom is 0.129 e. The number of thiophene rings is 1. The predicted molar refractivity (Wildman–Crippen MR) is 58.8 cm³/mol. The highest BCUT2D eigenvalue weighted by Gasteiger charge is 2.10. The van der Waals surface area contributed by atoms with Gasteiger partial charge in [-0.3, -0.25) is 5.41 Å². The molecule has 0 saturated heterocycles. The molecule has 0 unspecified atom stereocenters. The van der Waals surface area contributed by atoms with E-state index in [0.717, 1.165) is 18.7 Å². The van der Waals surface area contributed by atoms with Crippen LogP contribution < -0.4 is 0 Å². The summed E-state index contributed by atoms with van der Waals surface area (Å²) in [5, 5.41) is 12.1. The summed E-state index contributed by atoms with van der Waals surface area (Å²) in [4.78, 5) is 2.06. The fourth-order valence-electron chi connectivity index (χ4n) is 1.31. The molecule has 72 valence electrons. The molecule has 2 nitrogen and oxygen atoms in total. The van der Waals surface area contributed by atoms with Crippen LogP contribution in [-0.2, 0) is 0 Å². The Balaban J connectivity index is 2.84. The molecule has 1 N–H and O–H groups in total. The molecule has 0 bridgehead atoms. The van der Waals surface area contributed by atoms with E-state index in [1.54, 1.807) is 11.3 Å². The maximum atomic E-state index is 7.98. The second-order valence-corrected chi connectivity index (χ2v) is 3.73. The lowest BCUT2D eigenvalue weighted by atomic mass is 10.2. The van der Waals surface area contributed by atoms with E-state index in [1.807, 2.05) is 0 Å². The second-order valence-electron chi connectivity index (χ2n) is 2.99. The van der Waals surface area contributed by atoms with Crippen molar-refractivity contribution in [3.05, 3.63) is 21.9 Å². The number of aryl methyl sites for hydroxylation is 1. The van der Waals surface area contributed by atoms with Crippen molar-refractivity contribution in [1.82, 2.24) is 4.90 Å². The van der Waals surface area contributed by atoms with Crippen molar-refractivity contribution < 1.29 is 0 Å². The van der Waals surface area contributed by atoms with E-state index in [4.69, 9.17) is 5.41 Å². The van der Waals surface area contributed by atoms with Crippen LogP contribution in [0.2, 0.25) is 0 Å². The highest BCUT2D eigenvalue weighted by molar-refractivity contribution is 7.08. The molecule has 0 aliphatic carbocycles. The lowest BCUT2D eigenvalue weighted by molar-refractivity contribution is 0.463. The van der Waals surface area contributed by atoms with E-state index in [9.17, 15) is 0 Å². The van der Waals surface area contributed by atoms with Crippen LogP contribution in [0, 0.1) is 12.3 Å². The molecule has 0 atom stereocenters. The summed E-state index contributed by atoms with van der Waals surface area (Å²) in [5.74, 6) is 0.656. The molecule has 0 fully saturated rings. The van der Waals surface area contributed by atoms with Gasteiger partial charge in [0.15, 0.2) is 0 Å². The Kier molecular flexibility index (Phi) is 3.48. The number of hydrogen-bond donors (Lipinski definition) is 1. The van der Waals surface area contributed by atoms with E-state index in [1.165, 1.54) is 5.56 Å². The average molecular weight is 196 g/mol. The lowest BCUT2D eigenvalue weighted by Crippen LogP contribution is -2.30. The Morgan fingerprint density at radius 2 is 2.00 bits per heavy atom. The molecular formula is C10H16N2S. The molecule has 1 aromatic heterocycles. The minimum absolute atomic E-state index is 0.656. The first-order chi connectivity index (χ1) is 6.20. The summed E-state index contributed by atoms with van der Waals surface area (Å²) < 4.78 is 0. The van der Waals surface area contributed by atoms with Crippen molar-refractivity contribution in [2.45, 2.75) is 20.8 Å². The molecule has 1 aromatic rings. The van der Waals surface area contributed by atoms with Gasteiger partial charge in [-0.1, -0.05) is 0 Å². The molecule has 13 heavy (non-hydrogen) atoms. The number of hydrogen-bond acceptors (Lipinski definition) is 2. The van der Waals surface area contributed by atoms with Crippen LogP contribution in [0.4, 0.5) is 0 Å². The van der Waals surface area contributed by atoms with Gasteiger partial charge in [-0.2, -0.15) is 11.3 Å². The van der Waals surface area contributed by atoms with Crippen LogP contribution in [0.3, 0.4) is 0 Å². The van der Waals surface area contributed by atoms with Gasteiger partial charge >= 0.3 is 0 Å². The van der Waals surface area contributed by atoms with Crippen LogP contribution in [0.25, 0.3) is 0 Å². The lowest BCUT2D eigenvalue weighted by Gasteiger charge is -2.21. The Morgan fingerprint density at radius 3 is 2.38 bits per heavy atom. The van der Waals surface area contributed by atoms with Crippen molar-refractivity contribution in [3.63, 3.8) is 0 Å². The molecule has 0 radical (unpaired) electrons. The van der Waals surface area contributed by atoms with Crippen molar-refractivity contribution in [3.8, 4) is 0 Å². The van der Waals surface area contributed by atoms with E-state index < -0.39 is 0 Å². The molecule has 0 amide bonds. The first-order valence-electron chi connectivity index (χ1n) is 4.57. The SMILES string of the molecule is CCN(CC)C(=N)c1cscc1C. The standard InChI is InChI=1S/C10H16N2S/c1-4-12(5-2)10(11)9-7-13-6-8(9)3/h6-7,11H,4-5H2,1-3H3. The summed E-state index contributed by atoms with van der Waals surface area (Å²) in [5.41, 5.74) is 2.29. The quantitative estimate of drug-likeness (QED) is 0.584. The first kappa shape index (κ1) is 10.3. The van der Waals surface area contributed by atoms with Crippen molar-refractivity contribution in [1.29, 1.82) is 5.41 Å². The van der Waals surface area contributed by atoms with Gasteiger partial charge in [0.05, 0.1) is 0 Å². The summed E-state index contributed by atoms with van der Waals surface area (Å²) in [7, 11) is 0. The largest absolute Gasteiger partial charge is 0.357 e. The fraction of sp³-hybridized carbons (Fsp3) is 0.500. The normalized spacial score (nSPS) is 10.1. The molecule has 0 aliphatic heterocycles. The number of nitrogens with one attached hydrogen (secondary N) is 1. The van der Waals surface area contributed by atoms with Crippen LogP contribution in [0.15, 0.2) is 10.8 Å². The third-order valence-corrected chi connectivity index (χ3v) is 3.05. The smallest absolute Gasteiger partial charge is 0.129 e. The van der Waals surface area contributed by atoms with Crippen LogP contribution in [0.1, 0.15) is 25.0 Å². The monoisotopic (exact) mass is 196 g/mol. The summed E-state index contributed by atoms with van der Waals surface area (Å²) >= 11 is 1.67.